The molecule has 1 atom stereocenters. The Morgan fingerprint density at radius 2 is 2.50 bits per heavy atom. The molecule has 2 rings (SSSR count). The molecule has 0 radical (unpaired) electrons. The Balaban J connectivity index is 2.13. The monoisotopic (exact) mass is 216 g/mol. The summed E-state index contributed by atoms with van der Waals surface area (Å²) in [5.41, 5.74) is 0.667. The van der Waals surface area contributed by atoms with Gasteiger partial charge in [0.15, 0.2) is 0 Å². The molecule has 1 N–H and O–H groups in total. The van der Waals surface area contributed by atoms with Gasteiger partial charge in [-0.15, -0.1) is 0 Å². The molecule has 1 aromatic heterocycles. The molecule has 4 nitrogen and oxygen atoms in total. The topological polar surface area (TPSA) is 52.0 Å². The minimum Gasteiger partial charge on any atom is -0.355 e. The summed E-state index contributed by atoms with van der Waals surface area (Å²) in [6.45, 7) is 2.10. The van der Waals surface area contributed by atoms with E-state index >= 15 is 0 Å². The highest BCUT2D eigenvalue weighted by atomic mass is 15.2. The third-order valence-corrected chi connectivity index (χ3v) is 3.05. The maximum Gasteiger partial charge on any atom is 0.129 e. The molecule has 0 amide bonds. The molecule has 16 heavy (non-hydrogen) atoms. The maximum atomic E-state index is 8.85. The van der Waals surface area contributed by atoms with Gasteiger partial charge in [-0.1, -0.05) is 0 Å². The standard InChI is InChI=1S/C12H16N4/c1-16(11-3-2-5-14-9-11)12-7-10(8-13)4-6-15-12/h4,6-7,11,14H,2-3,5,9H2,1H3. The van der Waals surface area contributed by atoms with Crippen molar-refractivity contribution in [2.45, 2.75) is 18.9 Å². The molecular formula is C12H16N4. The molecule has 2 heterocycles. The van der Waals surface area contributed by atoms with Crippen molar-refractivity contribution in [3.8, 4) is 6.07 Å². The second-order valence-corrected chi connectivity index (χ2v) is 4.13. The number of hydrogen-bond donors (Lipinski definition) is 1. The summed E-state index contributed by atoms with van der Waals surface area (Å²) < 4.78 is 0. The first-order chi connectivity index (χ1) is 7.81. The minimum atomic E-state index is 0.482. The summed E-state index contributed by atoms with van der Waals surface area (Å²) >= 11 is 0. The Labute approximate surface area is 95.9 Å². The first-order valence-corrected chi connectivity index (χ1v) is 5.61. The van der Waals surface area contributed by atoms with Gasteiger partial charge >= 0.3 is 0 Å². The van der Waals surface area contributed by atoms with Crippen LogP contribution in [0.25, 0.3) is 0 Å². The number of pyridine rings is 1. The van der Waals surface area contributed by atoms with E-state index in [4.69, 9.17) is 5.26 Å². The molecule has 0 spiro atoms. The second kappa shape index (κ2) is 4.95. The molecule has 1 unspecified atom stereocenters. The van der Waals surface area contributed by atoms with Crippen LogP contribution < -0.4 is 10.2 Å². The van der Waals surface area contributed by atoms with Gasteiger partial charge < -0.3 is 10.2 Å². The highest BCUT2D eigenvalue weighted by Gasteiger charge is 2.18. The van der Waals surface area contributed by atoms with E-state index in [9.17, 15) is 0 Å². The largest absolute Gasteiger partial charge is 0.355 e. The number of piperidine rings is 1. The lowest BCUT2D eigenvalue weighted by Crippen LogP contribution is -2.44. The number of likely N-dealkylation sites (N-methyl/N-ethyl adjacent to an activating group) is 1. The number of nitriles is 1. The molecule has 84 valence electrons. The number of nitrogens with zero attached hydrogens (tertiary/aromatic N) is 3. The Bertz CT molecular complexity index is 390. The summed E-state index contributed by atoms with van der Waals surface area (Å²) in [6, 6.07) is 6.20. The zero-order valence-corrected chi connectivity index (χ0v) is 9.48. The van der Waals surface area contributed by atoms with E-state index in [1.54, 1.807) is 12.3 Å². The van der Waals surface area contributed by atoms with Crippen LogP contribution in [-0.2, 0) is 0 Å². The van der Waals surface area contributed by atoms with Crippen LogP contribution in [0.1, 0.15) is 18.4 Å². The molecule has 0 aromatic carbocycles. The Kier molecular flexibility index (Phi) is 3.37. The number of aromatic nitrogens is 1. The van der Waals surface area contributed by atoms with Crippen molar-refractivity contribution < 1.29 is 0 Å². The van der Waals surface area contributed by atoms with E-state index < -0.39 is 0 Å². The number of rotatable bonds is 2. The van der Waals surface area contributed by atoms with Gasteiger partial charge in [0.2, 0.25) is 0 Å². The van der Waals surface area contributed by atoms with Gasteiger partial charge in [-0.25, -0.2) is 4.98 Å². The van der Waals surface area contributed by atoms with Crippen LogP contribution in [0.15, 0.2) is 18.3 Å². The Morgan fingerprint density at radius 3 is 3.19 bits per heavy atom. The fraction of sp³-hybridized carbons (Fsp3) is 0.500. The van der Waals surface area contributed by atoms with Crippen LogP contribution in [0.2, 0.25) is 0 Å². The SMILES string of the molecule is CN(c1cc(C#N)ccn1)C1CCCNC1. The lowest BCUT2D eigenvalue weighted by molar-refractivity contribution is 0.443. The molecule has 1 aliphatic rings. The highest BCUT2D eigenvalue weighted by Crippen LogP contribution is 2.17. The van der Waals surface area contributed by atoms with Gasteiger partial charge in [0.25, 0.3) is 0 Å². The molecule has 1 fully saturated rings. The van der Waals surface area contributed by atoms with E-state index in [0.717, 1.165) is 18.9 Å². The molecule has 0 saturated carbocycles. The first kappa shape index (κ1) is 10.9. The predicted octanol–water partition coefficient (Wildman–Crippen LogP) is 1.14. The van der Waals surface area contributed by atoms with Gasteiger partial charge in [-0.2, -0.15) is 5.26 Å². The van der Waals surface area contributed by atoms with Gasteiger partial charge in [0, 0.05) is 25.8 Å². The average Bonchev–Trinajstić information content (AvgIpc) is 2.39. The van der Waals surface area contributed by atoms with Crippen molar-refractivity contribution in [3.05, 3.63) is 23.9 Å². The van der Waals surface area contributed by atoms with Crippen molar-refractivity contribution >= 4 is 5.82 Å². The average molecular weight is 216 g/mol. The Hall–Kier alpha value is -1.60. The van der Waals surface area contributed by atoms with Crippen molar-refractivity contribution in [3.63, 3.8) is 0 Å². The van der Waals surface area contributed by atoms with Crippen LogP contribution in [-0.4, -0.2) is 31.2 Å². The van der Waals surface area contributed by atoms with Crippen LogP contribution in [0.4, 0.5) is 5.82 Å². The fourth-order valence-corrected chi connectivity index (χ4v) is 2.03. The lowest BCUT2D eigenvalue weighted by Gasteiger charge is -2.32. The third-order valence-electron chi connectivity index (χ3n) is 3.05. The second-order valence-electron chi connectivity index (χ2n) is 4.13. The zero-order chi connectivity index (χ0) is 11.4. The summed E-state index contributed by atoms with van der Waals surface area (Å²) in [4.78, 5) is 6.47. The number of hydrogen-bond acceptors (Lipinski definition) is 4. The van der Waals surface area contributed by atoms with Crippen LogP contribution in [0.5, 0.6) is 0 Å². The van der Waals surface area contributed by atoms with E-state index in [1.807, 2.05) is 13.1 Å². The minimum absolute atomic E-state index is 0.482. The van der Waals surface area contributed by atoms with Gasteiger partial charge in [-0.3, -0.25) is 0 Å². The molecule has 0 bridgehead atoms. The summed E-state index contributed by atoms with van der Waals surface area (Å²) in [7, 11) is 2.04. The number of nitrogens with one attached hydrogen (secondary N) is 1. The summed E-state index contributed by atoms with van der Waals surface area (Å²) in [5, 5.41) is 12.2. The third kappa shape index (κ3) is 2.31. The molecule has 4 heteroatoms. The number of anilines is 1. The quantitative estimate of drug-likeness (QED) is 0.805. The summed E-state index contributed by atoms with van der Waals surface area (Å²) in [6.07, 6.45) is 4.08. The van der Waals surface area contributed by atoms with E-state index in [2.05, 4.69) is 21.3 Å². The normalized spacial score (nSPS) is 20.1. The molecule has 1 saturated heterocycles. The zero-order valence-electron chi connectivity index (χ0n) is 9.48. The fourth-order valence-electron chi connectivity index (χ4n) is 2.03. The molecule has 1 aromatic rings. The van der Waals surface area contributed by atoms with Crippen molar-refractivity contribution in [2.75, 3.05) is 25.0 Å². The molecule has 0 aliphatic carbocycles. The predicted molar refractivity (Wildman–Crippen MR) is 63.2 cm³/mol. The van der Waals surface area contributed by atoms with Gasteiger partial charge in [0.1, 0.15) is 5.82 Å². The van der Waals surface area contributed by atoms with Crippen molar-refractivity contribution in [1.82, 2.24) is 10.3 Å². The first-order valence-electron chi connectivity index (χ1n) is 5.61. The van der Waals surface area contributed by atoms with Crippen molar-refractivity contribution in [2.24, 2.45) is 0 Å². The van der Waals surface area contributed by atoms with Gasteiger partial charge in [-0.05, 0) is 31.5 Å². The smallest absolute Gasteiger partial charge is 0.129 e. The summed E-state index contributed by atoms with van der Waals surface area (Å²) in [5.74, 6) is 0.882. The molecular weight excluding hydrogens is 200 g/mol. The van der Waals surface area contributed by atoms with Gasteiger partial charge in [0.05, 0.1) is 11.6 Å². The maximum absolute atomic E-state index is 8.85. The lowest BCUT2D eigenvalue weighted by atomic mass is 10.1. The Morgan fingerprint density at radius 1 is 1.62 bits per heavy atom. The van der Waals surface area contributed by atoms with E-state index in [0.29, 0.717) is 11.6 Å². The highest BCUT2D eigenvalue weighted by molar-refractivity contribution is 5.45. The molecule has 1 aliphatic heterocycles. The van der Waals surface area contributed by atoms with Crippen LogP contribution in [0.3, 0.4) is 0 Å². The van der Waals surface area contributed by atoms with Crippen LogP contribution in [0, 0.1) is 11.3 Å². The van der Waals surface area contributed by atoms with E-state index in [1.165, 1.54) is 12.8 Å². The van der Waals surface area contributed by atoms with E-state index in [-0.39, 0.29) is 0 Å². The van der Waals surface area contributed by atoms with Crippen LogP contribution >= 0.6 is 0 Å². The van der Waals surface area contributed by atoms with Crippen molar-refractivity contribution in [1.29, 1.82) is 5.26 Å².